The van der Waals surface area contributed by atoms with Crippen LogP contribution in [0.25, 0.3) is 0 Å². The second-order valence-electron chi connectivity index (χ2n) is 5.40. The van der Waals surface area contributed by atoms with Crippen LogP contribution in [0.2, 0.25) is 0 Å². The lowest BCUT2D eigenvalue weighted by molar-refractivity contribution is 0.406. The largest absolute Gasteiger partial charge is 0.0654 e. The predicted molar refractivity (Wildman–Crippen MR) is 71.2 cm³/mol. The van der Waals surface area contributed by atoms with E-state index in [0.717, 1.165) is 11.8 Å². The smallest absolute Gasteiger partial charge is 0.0443 e. The van der Waals surface area contributed by atoms with Gasteiger partial charge in [-0.2, -0.15) is 0 Å². The molecule has 0 bridgehead atoms. The molecule has 0 amide bonds. The van der Waals surface area contributed by atoms with Gasteiger partial charge in [0.15, 0.2) is 0 Å². The maximum absolute atomic E-state index is 2.43. The molecule has 0 aromatic rings. The molecule has 0 heteroatoms. The highest BCUT2D eigenvalue weighted by Gasteiger charge is 2.03. The Hall–Kier alpha value is 0. The predicted octanol–water partition coefficient (Wildman–Crippen LogP) is 5.81. The van der Waals surface area contributed by atoms with Gasteiger partial charge in [-0.3, -0.25) is 0 Å². The van der Waals surface area contributed by atoms with E-state index in [2.05, 4.69) is 27.7 Å². The Morgan fingerprint density at radius 1 is 0.667 bits per heavy atom. The minimum Gasteiger partial charge on any atom is -0.0654 e. The van der Waals surface area contributed by atoms with Gasteiger partial charge in [0.2, 0.25) is 0 Å². The Morgan fingerprint density at radius 2 is 1.27 bits per heavy atom. The summed E-state index contributed by atoms with van der Waals surface area (Å²) in [7, 11) is 0. The lowest BCUT2D eigenvalue weighted by atomic mass is 9.94. The molecule has 2 unspecified atom stereocenters. The Bertz CT molecular complexity index is 117. The summed E-state index contributed by atoms with van der Waals surface area (Å²) in [6, 6.07) is 0. The molecule has 0 radical (unpaired) electrons. The third-order valence-corrected chi connectivity index (χ3v) is 3.64. The minimum absolute atomic E-state index is 0.942. The van der Waals surface area contributed by atoms with Gasteiger partial charge in [-0.15, -0.1) is 0 Å². The highest BCUT2D eigenvalue weighted by molar-refractivity contribution is 4.57. The molecule has 0 nitrogen and oxygen atoms in total. The molecule has 15 heavy (non-hydrogen) atoms. The molecule has 0 rings (SSSR count). The van der Waals surface area contributed by atoms with E-state index in [1.807, 2.05) is 0 Å². The highest BCUT2D eigenvalue weighted by atomic mass is 14.1. The van der Waals surface area contributed by atoms with Crippen LogP contribution < -0.4 is 0 Å². The molecule has 92 valence electrons. The molecule has 0 saturated heterocycles. The van der Waals surface area contributed by atoms with Gasteiger partial charge >= 0.3 is 0 Å². The Labute approximate surface area is 97.8 Å². The molecule has 0 aliphatic carbocycles. The van der Waals surface area contributed by atoms with E-state index >= 15 is 0 Å². The third kappa shape index (κ3) is 10.3. The molecule has 0 aromatic carbocycles. The van der Waals surface area contributed by atoms with Crippen LogP contribution in [0, 0.1) is 11.8 Å². The number of unbranched alkanes of at least 4 members (excludes halogenated alkanes) is 3. The summed E-state index contributed by atoms with van der Waals surface area (Å²) in [6.07, 6.45) is 12.9. The Morgan fingerprint density at radius 3 is 1.87 bits per heavy atom. The van der Waals surface area contributed by atoms with Gasteiger partial charge in [0.1, 0.15) is 0 Å². The quantitative estimate of drug-likeness (QED) is 0.401. The fraction of sp³-hybridized carbons (Fsp3) is 1.00. The first kappa shape index (κ1) is 15.0. The second-order valence-corrected chi connectivity index (χ2v) is 5.40. The van der Waals surface area contributed by atoms with Crippen LogP contribution in [0.1, 0.15) is 85.5 Å². The molecule has 0 heterocycles. The normalized spacial score (nSPS) is 15.2. The lowest BCUT2D eigenvalue weighted by Crippen LogP contribution is -1.98. The molecule has 2 atom stereocenters. The fourth-order valence-corrected chi connectivity index (χ4v) is 2.08. The highest BCUT2D eigenvalue weighted by Crippen LogP contribution is 2.19. The zero-order valence-electron chi connectivity index (χ0n) is 11.5. The second kappa shape index (κ2) is 10.5. The van der Waals surface area contributed by atoms with Crippen LogP contribution in [-0.2, 0) is 0 Å². The van der Waals surface area contributed by atoms with E-state index in [4.69, 9.17) is 0 Å². The van der Waals surface area contributed by atoms with E-state index in [1.54, 1.807) is 0 Å². The molecule has 0 spiro atoms. The van der Waals surface area contributed by atoms with Gasteiger partial charge in [0.25, 0.3) is 0 Å². The van der Waals surface area contributed by atoms with Crippen molar-refractivity contribution >= 4 is 0 Å². The Balaban J connectivity index is 3.21. The van der Waals surface area contributed by atoms with Crippen LogP contribution in [-0.4, -0.2) is 0 Å². The van der Waals surface area contributed by atoms with E-state index in [-0.39, 0.29) is 0 Å². The van der Waals surface area contributed by atoms with Crippen molar-refractivity contribution < 1.29 is 0 Å². The van der Waals surface area contributed by atoms with Crippen molar-refractivity contribution in [3.8, 4) is 0 Å². The topological polar surface area (TPSA) is 0 Å². The summed E-state index contributed by atoms with van der Waals surface area (Å²) in [6.45, 7) is 9.41. The summed E-state index contributed by atoms with van der Waals surface area (Å²) < 4.78 is 0. The van der Waals surface area contributed by atoms with Crippen molar-refractivity contribution in [3.05, 3.63) is 0 Å². The van der Waals surface area contributed by atoms with E-state index in [9.17, 15) is 0 Å². The molecule has 0 aromatic heterocycles. The first-order chi connectivity index (χ1) is 7.20. The zero-order valence-corrected chi connectivity index (χ0v) is 11.5. The van der Waals surface area contributed by atoms with Crippen LogP contribution in [0.5, 0.6) is 0 Å². The fourth-order valence-electron chi connectivity index (χ4n) is 2.08. The van der Waals surface area contributed by atoms with Crippen molar-refractivity contribution in [2.24, 2.45) is 11.8 Å². The van der Waals surface area contributed by atoms with Gasteiger partial charge in [0.05, 0.1) is 0 Å². The van der Waals surface area contributed by atoms with Crippen molar-refractivity contribution in [2.75, 3.05) is 0 Å². The maximum atomic E-state index is 2.43. The molecule has 0 aliphatic heterocycles. The average Bonchev–Trinajstić information content (AvgIpc) is 2.24. The first-order valence-electron chi connectivity index (χ1n) is 7.20. The third-order valence-electron chi connectivity index (χ3n) is 3.64. The van der Waals surface area contributed by atoms with E-state index < -0.39 is 0 Å². The number of hydrogen-bond donors (Lipinski definition) is 0. The van der Waals surface area contributed by atoms with Crippen molar-refractivity contribution in [1.29, 1.82) is 0 Å². The van der Waals surface area contributed by atoms with Crippen molar-refractivity contribution in [2.45, 2.75) is 85.5 Å². The molecular formula is C15H32. The lowest BCUT2D eigenvalue weighted by Gasteiger charge is -2.13. The van der Waals surface area contributed by atoms with Crippen molar-refractivity contribution in [3.63, 3.8) is 0 Å². The van der Waals surface area contributed by atoms with Gasteiger partial charge in [-0.25, -0.2) is 0 Å². The van der Waals surface area contributed by atoms with Crippen LogP contribution in [0.3, 0.4) is 0 Å². The minimum atomic E-state index is 0.942. The standard InChI is InChI=1S/C15H32/c1-5-7-8-9-11-15(4)13-10-12-14(3)6-2/h14-15H,5-13H2,1-4H3. The van der Waals surface area contributed by atoms with Gasteiger partial charge in [-0.05, 0) is 11.8 Å². The summed E-state index contributed by atoms with van der Waals surface area (Å²) in [5, 5.41) is 0. The van der Waals surface area contributed by atoms with Gasteiger partial charge < -0.3 is 0 Å². The monoisotopic (exact) mass is 212 g/mol. The summed E-state index contributed by atoms with van der Waals surface area (Å²) in [4.78, 5) is 0. The zero-order chi connectivity index (χ0) is 11.5. The number of rotatable bonds is 10. The van der Waals surface area contributed by atoms with Crippen LogP contribution in [0.4, 0.5) is 0 Å². The molecular weight excluding hydrogens is 180 g/mol. The summed E-state index contributed by atoms with van der Waals surface area (Å²) in [5.74, 6) is 1.91. The molecule has 0 saturated carbocycles. The van der Waals surface area contributed by atoms with Crippen molar-refractivity contribution in [1.82, 2.24) is 0 Å². The SMILES string of the molecule is CCCCCCC(C)CCCC(C)CC. The average molecular weight is 212 g/mol. The van der Waals surface area contributed by atoms with E-state index in [1.165, 1.54) is 57.8 Å². The maximum Gasteiger partial charge on any atom is -0.0443 e. The molecule has 0 fully saturated rings. The summed E-state index contributed by atoms with van der Waals surface area (Å²) >= 11 is 0. The van der Waals surface area contributed by atoms with Crippen LogP contribution >= 0.6 is 0 Å². The molecule has 0 N–H and O–H groups in total. The first-order valence-corrected chi connectivity index (χ1v) is 7.20. The number of hydrogen-bond acceptors (Lipinski definition) is 0. The molecule has 0 aliphatic rings. The van der Waals surface area contributed by atoms with Gasteiger partial charge in [0, 0.05) is 0 Å². The summed E-state index contributed by atoms with van der Waals surface area (Å²) in [5.41, 5.74) is 0. The van der Waals surface area contributed by atoms with E-state index in [0.29, 0.717) is 0 Å². The van der Waals surface area contributed by atoms with Gasteiger partial charge in [-0.1, -0.05) is 85.5 Å². The Kier molecular flexibility index (Phi) is 10.5. The van der Waals surface area contributed by atoms with Crippen LogP contribution in [0.15, 0.2) is 0 Å².